The van der Waals surface area contributed by atoms with Crippen LogP contribution >= 0.6 is 0 Å². The molecule has 5 aromatic rings. The van der Waals surface area contributed by atoms with Crippen LogP contribution in [0.3, 0.4) is 0 Å². The molecule has 1 aliphatic heterocycles. The van der Waals surface area contributed by atoms with Gasteiger partial charge in [-0.25, -0.2) is 0 Å². The normalized spacial score (nSPS) is 17.5. The number of hydrogen-bond donors (Lipinski definition) is 0. The van der Waals surface area contributed by atoms with Crippen LogP contribution in [0.2, 0.25) is 0 Å². The van der Waals surface area contributed by atoms with Crippen LogP contribution in [-0.4, -0.2) is 18.3 Å². The molecule has 0 bridgehead atoms. The summed E-state index contributed by atoms with van der Waals surface area (Å²) in [5.74, 6) is 0.229. The first-order valence-electron chi connectivity index (χ1n) is 13.5. The molecular formula is C35H31BO2. The molecule has 0 spiro atoms. The molecule has 0 N–H and O–H groups in total. The summed E-state index contributed by atoms with van der Waals surface area (Å²) in [5.41, 5.74) is 9.61. The maximum absolute atomic E-state index is 6.27. The van der Waals surface area contributed by atoms with Gasteiger partial charge in [0.05, 0.1) is 11.2 Å². The van der Waals surface area contributed by atoms with Gasteiger partial charge in [-0.05, 0) is 82.9 Å². The van der Waals surface area contributed by atoms with Gasteiger partial charge in [0.1, 0.15) is 0 Å². The summed E-state index contributed by atoms with van der Waals surface area (Å²) in [6.07, 6.45) is 0. The molecule has 0 radical (unpaired) electrons. The zero-order chi connectivity index (χ0) is 26.1. The molecule has 1 saturated heterocycles. The third kappa shape index (κ3) is 3.50. The van der Waals surface area contributed by atoms with Gasteiger partial charge in [0.15, 0.2) is 0 Å². The van der Waals surface area contributed by atoms with E-state index in [9.17, 15) is 0 Å². The zero-order valence-electron chi connectivity index (χ0n) is 22.4. The summed E-state index contributed by atoms with van der Waals surface area (Å²) in [6, 6.07) is 39.8. The summed E-state index contributed by atoms with van der Waals surface area (Å²) in [5, 5.41) is 2.58. The zero-order valence-corrected chi connectivity index (χ0v) is 22.4. The Morgan fingerprint density at radius 2 is 1.03 bits per heavy atom. The monoisotopic (exact) mass is 494 g/mol. The predicted octanol–water partition coefficient (Wildman–Crippen LogP) is 7.97. The standard InChI is InChI=1S/C35H31BO2/c1-34(2)35(3,4)38-36(37-34)24-19-17-23(18-20-24)25-21-22-32(27-12-6-5-11-26(25)27)33-30-15-9-7-13-28(30)29-14-8-10-16-31(29)33/h5-22,33H,1-4H3. The van der Waals surface area contributed by atoms with Crippen molar-refractivity contribution in [1.29, 1.82) is 0 Å². The molecule has 38 heavy (non-hydrogen) atoms. The van der Waals surface area contributed by atoms with E-state index in [1.165, 1.54) is 49.7 Å². The summed E-state index contributed by atoms with van der Waals surface area (Å²) in [4.78, 5) is 0. The molecule has 0 aromatic heterocycles. The number of hydrogen-bond acceptors (Lipinski definition) is 2. The van der Waals surface area contributed by atoms with Crippen molar-refractivity contribution in [2.45, 2.75) is 44.8 Å². The van der Waals surface area contributed by atoms with Crippen LogP contribution in [-0.2, 0) is 9.31 Å². The van der Waals surface area contributed by atoms with Crippen LogP contribution in [0.25, 0.3) is 33.0 Å². The molecule has 1 heterocycles. The first kappa shape index (κ1) is 23.5. The van der Waals surface area contributed by atoms with E-state index >= 15 is 0 Å². The van der Waals surface area contributed by atoms with Crippen LogP contribution in [0.5, 0.6) is 0 Å². The van der Waals surface area contributed by atoms with Crippen molar-refractivity contribution >= 4 is 23.4 Å². The smallest absolute Gasteiger partial charge is 0.399 e. The minimum absolute atomic E-state index is 0.229. The number of rotatable bonds is 3. The van der Waals surface area contributed by atoms with Gasteiger partial charge in [0, 0.05) is 5.92 Å². The van der Waals surface area contributed by atoms with E-state index in [1.54, 1.807) is 0 Å². The van der Waals surface area contributed by atoms with Crippen molar-refractivity contribution in [2.24, 2.45) is 0 Å². The van der Waals surface area contributed by atoms with Gasteiger partial charge in [0.2, 0.25) is 0 Å². The van der Waals surface area contributed by atoms with Gasteiger partial charge >= 0.3 is 7.12 Å². The Balaban J connectivity index is 1.31. The van der Waals surface area contributed by atoms with E-state index in [0.29, 0.717) is 0 Å². The van der Waals surface area contributed by atoms with Gasteiger partial charge in [0.25, 0.3) is 0 Å². The quantitative estimate of drug-likeness (QED) is 0.232. The van der Waals surface area contributed by atoms with Crippen LogP contribution in [0.4, 0.5) is 0 Å². The maximum atomic E-state index is 6.27. The van der Waals surface area contributed by atoms with Gasteiger partial charge in [-0.2, -0.15) is 0 Å². The second-order valence-electron chi connectivity index (χ2n) is 11.6. The molecule has 0 atom stereocenters. The van der Waals surface area contributed by atoms with Gasteiger partial charge in [-0.15, -0.1) is 0 Å². The van der Waals surface area contributed by atoms with Crippen molar-refractivity contribution in [2.75, 3.05) is 0 Å². The van der Waals surface area contributed by atoms with Crippen molar-refractivity contribution in [1.82, 2.24) is 0 Å². The molecule has 3 heteroatoms. The van der Waals surface area contributed by atoms with E-state index in [0.717, 1.165) is 5.46 Å². The molecule has 0 amide bonds. The fourth-order valence-electron chi connectivity index (χ4n) is 6.12. The molecule has 1 aliphatic carbocycles. The highest BCUT2D eigenvalue weighted by atomic mass is 16.7. The van der Waals surface area contributed by atoms with Gasteiger partial charge in [-0.3, -0.25) is 0 Å². The minimum Gasteiger partial charge on any atom is -0.399 e. The summed E-state index contributed by atoms with van der Waals surface area (Å²) in [6.45, 7) is 8.37. The average molecular weight is 494 g/mol. The Labute approximate surface area is 225 Å². The summed E-state index contributed by atoms with van der Waals surface area (Å²) >= 11 is 0. The van der Waals surface area contributed by atoms with E-state index in [4.69, 9.17) is 9.31 Å². The first-order chi connectivity index (χ1) is 18.3. The van der Waals surface area contributed by atoms with Crippen LogP contribution in [0, 0.1) is 0 Å². The van der Waals surface area contributed by atoms with Crippen LogP contribution in [0.15, 0.2) is 109 Å². The Bertz CT molecular complexity index is 1620. The maximum Gasteiger partial charge on any atom is 0.494 e. The SMILES string of the molecule is CC1(C)OB(c2ccc(-c3ccc(C4c5ccccc5-c5ccccc54)c4ccccc34)cc2)OC1(C)C. The minimum atomic E-state index is -0.351. The van der Waals surface area contributed by atoms with Crippen molar-refractivity contribution in [3.8, 4) is 22.3 Å². The van der Waals surface area contributed by atoms with E-state index in [2.05, 4.69) is 137 Å². The number of benzene rings is 5. The Hall–Kier alpha value is -3.66. The van der Waals surface area contributed by atoms with Gasteiger partial charge in [-0.1, -0.05) is 109 Å². The summed E-state index contributed by atoms with van der Waals surface area (Å²) < 4.78 is 12.5. The van der Waals surface area contributed by atoms with Crippen molar-refractivity contribution < 1.29 is 9.31 Å². The molecule has 1 fully saturated rings. The van der Waals surface area contributed by atoms with Crippen molar-refractivity contribution in [3.05, 3.63) is 126 Å². The summed E-state index contributed by atoms with van der Waals surface area (Å²) in [7, 11) is -0.351. The van der Waals surface area contributed by atoms with Crippen LogP contribution in [0.1, 0.15) is 50.3 Å². The van der Waals surface area contributed by atoms with E-state index in [1.807, 2.05) is 0 Å². The number of fused-ring (bicyclic) bond motifs is 4. The molecule has 0 unspecified atom stereocenters. The van der Waals surface area contributed by atoms with Crippen molar-refractivity contribution in [3.63, 3.8) is 0 Å². The molecule has 7 rings (SSSR count). The fraction of sp³-hybridized carbons (Fsp3) is 0.200. The van der Waals surface area contributed by atoms with E-state index < -0.39 is 0 Å². The lowest BCUT2D eigenvalue weighted by molar-refractivity contribution is 0.00578. The van der Waals surface area contributed by atoms with Crippen LogP contribution < -0.4 is 5.46 Å². The highest BCUT2D eigenvalue weighted by Crippen LogP contribution is 2.49. The molecule has 2 aliphatic rings. The Morgan fingerprint density at radius 3 is 1.63 bits per heavy atom. The molecule has 186 valence electrons. The lowest BCUT2D eigenvalue weighted by Gasteiger charge is -2.32. The predicted molar refractivity (Wildman–Crippen MR) is 158 cm³/mol. The molecule has 5 aromatic carbocycles. The highest BCUT2D eigenvalue weighted by Gasteiger charge is 2.51. The Morgan fingerprint density at radius 1 is 0.500 bits per heavy atom. The first-order valence-corrected chi connectivity index (χ1v) is 13.5. The Kier molecular flexibility index (Phi) is 5.20. The molecular weight excluding hydrogens is 463 g/mol. The lowest BCUT2D eigenvalue weighted by atomic mass is 9.78. The average Bonchev–Trinajstić information content (AvgIpc) is 3.37. The fourth-order valence-corrected chi connectivity index (χ4v) is 6.12. The second-order valence-corrected chi connectivity index (χ2v) is 11.6. The van der Waals surface area contributed by atoms with Gasteiger partial charge < -0.3 is 9.31 Å². The molecule has 0 saturated carbocycles. The molecule has 2 nitrogen and oxygen atoms in total. The third-order valence-corrected chi connectivity index (χ3v) is 8.85. The van der Waals surface area contributed by atoms with E-state index in [-0.39, 0.29) is 24.2 Å². The third-order valence-electron chi connectivity index (χ3n) is 8.85. The second kappa shape index (κ2) is 8.43. The lowest BCUT2D eigenvalue weighted by Crippen LogP contribution is -2.41. The largest absolute Gasteiger partial charge is 0.494 e. The highest BCUT2D eigenvalue weighted by molar-refractivity contribution is 6.62. The topological polar surface area (TPSA) is 18.5 Å².